The number of aliphatic carboxylic acids is 1. The van der Waals surface area contributed by atoms with Gasteiger partial charge in [-0.05, 0) is 63.2 Å². The van der Waals surface area contributed by atoms with Gasteiger partial charge >= 0.3 is 12.1 Å². The van der Waals surface area contributed by atoms with Crippen molar-refractivity contribution in [3.8, 4) is 0 Å². The number of halogens is 3. The van der Waals surface area contributed by atoms with Crippen molar-refractivity contribution in [3.05, 3.63) is 0 Å². The summed E-state index contributed by atoms with van der Waals surface area (Å²) in [4.78, 5) is 25.5. The van der Waals surface area contributed by atoms with Gasteiger partial charge in [0.15, 0.2) is 0 Å². The topological polar surface area (TPSA) is 69.6 Å². The highest BCUT2D eigenvalue weighted by atomic mass is 19.4. The molecule has 5 nitrogen and oxygen atoms in total. The number of hydrogen-bond donors (Lipinski definition) is 2. The Kier molecular flexibility index (Phi) is 4.48. The van der Waals surface area contributed by atoms with Gasteiger partial charge in [-0.15, -0.1) is 0 Å². The zero-order chi connectivity index (χ0) is 19.6. The van der Waals surface area contributed by atoms with E-state index in [0.717, 1.165) is 19.3 Å². The Labute approximate surface area is 156 Å². The summed E-state index contributed by atoms with van der Waals surface area (Å²) in [5, 5.41) is 12.4. The molecule has 1 unspecified atom stereocenters. The van der Waals surface area contributed by atoms with Crippen LogP contribution in [0.15, 0.2) is 0 Å². The molecule has 4 aliphatic carbocycles. The average molecular weight is 388 g/mol. The summed E-state index contributed by atoms with van der Waals surface area (Å²) in [5.41, 5.74) is -0.199. The van der Waals surface area contributed by atoms with Crippen LogP contribution >= 0.6 is 0 Å². The highest BCUT2D eigenvalue weighted by molar-refractivity contribution is 5.82. The summed E-state index contributed by atoms with van der Waals surface area (Å²) in [7, 11) is 0. The first-order chi connectivity index (χ1) is 12.6. The van der Waals surface area contributed by atoms with Crippen molar-refractivity contribution in [3.63, 3.8) is 0 Å². The van der Waals surface area contributed by atoms with Crippen molar-refractivity contribution < 1.29 is 27.9 Å². The average Bonchev–Trinajstić information content (AvgIpc) is 2.98. The molecule has 1 amide bonds. The molecule has 152 valence electrons. The molecule has 8 heteroatoms. The lowest BCUT2D eigenvalue weighted by molar-refractivity contribution is -0.188. The van der Waals surface area contributed by atoms with E-state index in [2.05, 4.69) is 5.32 Å². The van der Waals surface area contributed by atoms with Gasteiger partial charge in [0.1, 0.15) is 0 Å². The molecular weight excluding hydrogens is 361 g/mol. The largest absolute Gasteiger partial charge is 0.481 e. The molecule has 1 saturated heterocycles. The molecule has 0 aromatic carbocycles. The fraction of sp³-hybridized carbons (Fsp3) is 0.895. The fourth-order valence-electron chi connectivity index (χ4n) is 6.53. The van der Waals surface area contributed by atoms with E-state index >= 15 is 0 Å². The van der Waals surface area contributed by atoms with Gasteiger partial charge in [-0.2, -0.15) is 13.2 Å². The molecule has 5 aliphatic rings. The second-order valence-electron chi connectivity index (χ2n) is 9.41. The first-order valence-corrected chi connectivity index (χ1v) is 9.92. The molecule has 4 saturated carbocycles. The highest BCUT2D eigenvalue weighted by Crippen LogP contribution is 2.55. The van der Waals surface area contributed by atoms with Crippen LogP contribution in [0.1, 0.15) is 45.4 Å². The van der Waals surface area contributed by atoms with Gasteiger partial charge in [0.25, 0.3) is 0 Å². The first kappa shape index (κ1) is 19.0. The minimum absolute atomic E-state index is 0.199. The van der Waals surface area contributed by atoms with Crippen molar-refractivity contribution in [2.45, 2.75) is 63.2 Å². The number of likely N-dealkylation sites (tertiary alicyclic amines) is 1. The summed E-state index contributed by atoms with van der Waals surface area (Å²) >= 11 is 0. The second-order valence-corrected chi connectivity index (χ2v) is 9.41. The number of amides is 1. The van der Waals surface area contributed by atoms with Crippen molar-refractivity contribution in [1.29, 1.82) is 0 Å². The minimum Gasteiger partial charge on any atom is -0.481 e. The van der Waals surface area contributed by atoms with Crippen molar-refractivity contribution in [2.24, 2.45) is 29.6 Å². The molecule has 1 heterocycles. The summed E-state index contributed by atoms with van der Waals surface area (Å²) in [6.45, 7) is 0.915. The predicted molar refractivity (Wildman–Crippen MR) is 90.8 cm³/mol. The number of carbonyl (C=O) groups is 2. The monoisotopic (exact) mass is 388 g/mol. The maximum absolute atomic E-state index is 13.2. The van der Waals surface area contributed by atoms with Crippen LogP contribution in [0.5, 0.6) is 0 Å². The normalized spacial score (nSPS) is 42.3. The zero-order valence-electron chi connectivity index (χ0n) is 15.5. The van der Waals surface area contributed by atoms with Crippen LogP contribution in [0, 0.1) is 29.6 Å². The van der Waals surface area contributed by atoms with E-state index in [-0.39, 0.29) is 18.0 Å². The lowest BCUT2D eigenvalue weighted by atomic mass is 9.53. The van der Waals surface area contributed by atoms with E-state index < -0.39 is 36.6 Å². The number of hydrogen-bond acceptors (Lipinski definition) is 3. The predicted octanol–water partition coefficient (Wildman–Crippen LogP) is 2.65. The van der Waals surface area contributed by atoms with E-state index in [0.29, 0.717) is 17.8 Å². The molecule has 5 fully saturated rings. The molecule has 4 bridgehead atoms. The van der Waals surface area contributed by atoms with Crippen LogP contribution in [-0.2, 0) is 9.59 Å². The third kappa shape index (κ3) is 3.45. The van der Waals surface area contributed by atoms with E-state index in [9.17, 15) is 22.8 Å². The number of alkyl halides is 3. The molecule has 0 aromatic rings. The van der Waals surface area contributed by atoms with E-state index in [1.165, 1.54) is 24.2 Å². The number of nitrogens with zero attached hydrogens (tertiary/aromatic N) is 1. The number of rotatable bonds is 4. The maximum atomic E-state index is 13.2. The minimum atomic E-state index is -4.58. The molecular formula is C19H27F3N2O3. The SMILES string of the molecule is CC(C(=O)NC12CC3CC(CC(C3)C1)C2)N1C[C@@H](C(F)(F)F)[C@H](C(=O)O)C1. The Balaban J connectivity index is 1.43. The van der Waals surface area contributed by atoms with Crippen molar-refractivity contribution in [2.75, 3.05) is 13.1 Å². The molecule has 0 spiro atoms. The third-order valence-corrected chi connectivity index (χ3v) is 7.44. The molecule has 0 aromatic heterocycles. The zero-order valence-corrected chi connectivity index (χ0v) is 15.5. The Bertz CT molecular complexity index is 601. The van der Waals surface area contributed by atoms with Crippen LogP contribution < -0.4 is 5.32 Å². The molecule has 2 N–H and O–H groups in total. The van der Waals surface area contributed by atoms with Crippen LogP contribution in [0.4, 0.5) is 13.2 Å². The highest BCUT2D eigenvalue weighted by Gasteiger charge is 2.55. The Morgan fingerprint density at radius 3 is 2.00 bits per heavy atom. The summed E-state index contributed by atoms with van der Waals surface area (Å²) in [6.07, 6.45) is 2.06. The maximum Gasteiger partial charge on any atom is 0.393 e. The van der Waals surface area contributed by atoms with Crippen molar-refractivity contribution in [1.82, 2.24) is 10.2 Å². The number of carbonyl (C=O) groups excluding carboxylic acids is 1. The summed E-state index contributed by atoms with van der Waals surface area (Å²) < 4.78 is 39.6. The first-order valence-electron chi connectivity index (χ1n) is 9.92. The van der Waals surface area contributed by atoms with Gasteiger partial charge in [-0.3, -0.25) is 14.5 Å². The Hall–Kier alpha value is -1.31. The van der Waals surface area contributed by atoms with Gasteiger partial charge in [-0.25, -0.2) is 0 Å². The second kappa shape index (κ2) is 6.36. The van der Waals surface area contributed by atoms with Gasteiger partial charge in [0.05, 0.1) is 17.9 Å². The molecule has 0 radical (unpaired) electrons. The van der Waals surface area contributed by atoms with Gasteiger partial charge < -0.3 is 10.4 Å². The van der Waals surface area contributed by atoms with E-state index in [4.69, 9.17) is 5.11 Å². The smallest absolute Gasteiger partial charge is 0.393 e. The number of nitrogens with one attached hydrogen (secondary N) is 1. The van der Waals surface area contributed by atoms with Gasteiger partial charge in [0.2, 0.25) is 5.91 Å². The van der Waals surface area contributed by atoms with Gasteiger partial charge in [-0.1, -0.05) is 0 Å². The van der Waals surface area contributed by atoms with E-state index in [1.807, 2.05) is 0 Å². The van der Waals surface area contributed by atoms with Crippen LogP contribution in [0.25, 0.3) is 0 Å². The Morgan fingerprint density at radius 2 is 1.59 bits per heavy atom. The van der Waals surface area contributed by atoms with Crippen LogP contribution in [-0.4, -0.2) is 52.7 Å². The summed E-state index contributed by atoms with van der Waals surface area (Å²) in [5.74, 6) is -3.18. The Morgan fingerprint density at radius 1 is 1.07 bits per heavy atom. The van der Waals surface area contributed by atoms with Gasteiger partial charge in [0, 0.05) is 18.6 Å². The molecule has 5 rings (SSSR count). The van der Waals surface area contributed by atoms with E-state index in [1.54, 1.807) is 6.92 Å². The fourth-order valence-corrected chi connectivity index (χ4v) is 6.53. The number of carboxylic acids is 1. The van der Waals surface area contributed by atoms with Crippen LogP contribution in [0.2, 0.25) is 0 Å². The summed E-state index contributed by atoms with van der Waals surface area (Å²) in [6, 6.07) is -0.757. The molecule has 1 aliphatic heterocycles. The molecule has 3 atom stereocenters. The standard InChI is InChI=1S/C19H27F3N2O3/c1-10(24-8-14(17(26)27)15(9-24)19(20,21)22)16(25)23-18-5-11-2-12(6-18)4-13(3-11)7-18/h10-15H,2-9H2,1H3,(H,23,25)(H,26,27)/t10?,11?,12?,13?,14-,15-,18?/m1/s1. The quantitative estimate of drug-likeness (QED) is 0.777. The lowest BCUT2D eigenvalue weighted by Gasteiger charge is -2.57. The lowest BCUT2D eigenvalue weighted by Crippen LogP contribution is -2.62. The third-order valence-electron chi connectivity index (χ3n) is 7.44. The number of carboxylic acid groups (broad SMARTS) is 1. The van der Waals surface area contributed by atoms with Crippen LogP contribution in [0.3, 0.4) is 0 Å². The molecule has 27 heavy (non-hydrogen) atoms. The van der Waals surface area contributed by atoms with Crippen molar-refractivity contribution >= 4 is 11.9 Å².